The third-order valence-corrected chi connectivity index (χ3v) is 3.49. The SMILES string of the molecule is CN(CCC(=O)Nc1cc(Cl)ccc1Cl)Cc1ccco1. The molecule has 0 unspecified atom stereocenters. The molecule has 1 aromatic carbocycles. The van der Waals surface area contributed by atoms with Crippen LogP contribution in [0.5, 0.6) is 0 Å². The lowest BCUT2D eigenvalue weighted by Crippen LogP contribution is -2.23. The summed E-state index contributed by atoms with van der Waals surface area (Å²) in [7, 11) is 1.93. The normalized spacial score (nSPS) is 10.9. The zero-order chi connectivity index (χ0) is 15.2. The fraction of sp³-hybridized carbons (Fsp3) is 0.267. The largest absolute Gasteiger partial charge is 0.468 e. The van der Waals surface area contributed by atoms with Crippen LogP contribution in [0.4, 0.5) is 5.69 Å². The number of anilines is 1. The molecule has 4 nitrogen and oxygen atoms in total. The van der Waals surface area contributed by atoms with Gasteiger partial charge in [-0.25, -0.2) is 0 Å². The van der Waals surface area contributed by atoms with E-state index in [4.69, 9.17) is 27.6 Å². The minimum Gasteiger partial charge on any atom is -0.468 e. The van der Waals surface area contributed by atoms with Crippen LogP contribution in [0.3, 0.4) is 0 Å². The Morgan fingerprint density at radius 3 is 2.86 bits per heavy atom. The molecule has 0 atom stereocenters. The molecule has 0 spiro atoms. The lowest BCUT2D eigenvalue weighted by molar-refractivity contribution is -0.116. The number of carbonyl (C=O) groups excluding carboxylic acids is 1. The second kappa shape index (κ2) is 7.50. The van der Waals surface area contributed by atoms with Crippen molar-refractivity contribution in [3.63, 3.8) is 0 Å². The molecule has 0 saturated carbocycles. The molecule has 112 valence electrons. The maximum absolute atomic E-state index is 11.9. The van der Waals surface area contributed by atoms with Gasteiger partial charge in [0, 0.05) is 18.0 Å². The Kier molecular flexibility index (Phi) is 5.67. The number of nitrogens with one attached hydrogen (secondary N) is 1. The van der Waals surface area contributed by atoms with Crippen molar-refractivity contribution in [2.75, 3.05) is 18.9 Å². The highest BCUT2D eigenvalue weighted by molar-refractivity contribution is 6.35. The summed E-state index contributed by atoms with van der Waals surface area (Å²) in [5, 5.41) is 3.76. The van der Waals surface area contributed by atoms with Gasteiger partial charge >= 0.3 is 0 Å². The minimum atomic E-state index is -0.106. The van der Waals surface area contributed by atoms with E-state index in [0.717, 1.165) is 5.76 Å². The van der Waals surface area contributed by atoms with Crippen LogP contribution in [0, 0.1) is 0 Å². The Hall–Kier alpha value is -1.49. The van der Waals surface area contributed by atoms with E-state index in [-0.39, 0.29) is 5.91 Å². The van der Waals surface area contributed by atoms with Crippen LogP contribution in [0.25, 0.3) is 0 Å². The minimum absolute atomic E-state index is 0.106. The Morgan fingerprint density at radius 1 is 1.33 bits per heavy atom. The van der Waals surface area contributed by atoms with Gasteiger partial charge in [0.05, 0.1) is 23.5 Å². The van der Waals surface area contributed by atoms with E-state index in [1.54, 1.807) is 24.5 Å². The van der Waals surface area contributed by atoms with Gasteiger partial charge in [-0.05, 0) is 37.4 Å². The molecule has 0 aliphatic rings. The number of benzene rings is 1. The number of rotatable bonds is 6. The van der Waals surface area contributed by atoms with Crippen molar-refractivity contribution >= 4 is 34.8 Å². The van der Waals surface area contributed by atoms with E-state index in [1.807, 2.05) is 24.1 Å². The summed E-state index contributed by atoms with van der Waals surface area (Å²) in [5.74, 6) is 0.765. The Morgan fingerprint density at radius 2 is 2.14 bits per heavy atom. The smallest absolute Gasteiger partial charge is 0.225 e. The Bertz CT molecular complexity index is 600. The molecule has 0 bridgehead atoms. The van der Waals surface area contributed by atoms with Crippen molar-refractivity contribution in [3.05, 3.63) is 52.4 Å². The number of amides is 1. The summed E-state index contributed by atoms with van der Waals surface area (Å²) in [6.07, 6.45) is 2.00. The second-order valence-corrected chi connectivity index (χ2v) is 5.58. The number of hydrogen-bond donors (Lipinski definition) is 1. The molecular formula is C15H16Cl2N2O2. The van der Waals surface area contributed by atoms with Crippen molar-refractivity contribution in [3.8, 4) is 0 Å². The maximum atomic E-state index is 11.9. The van der Waals surface area contributed by atoms with E-state index >= 15 is 0 Å². The molecule has 1 amide bonds. The topological polar surface area (TPSA) is 45.5 Å². The third-order valence-electron chi connectivity index (χ3n) is 2.93. The van der Waals surface area contributed by atoms with Crippen molar-refractivity contribution in [1.29, 1.82) is 0 Å². The highest BCUT2D eigenvalue weighted by Crippen LogP contribution is 2.25. The maximum Gasteiger partial charge on any atom is 0.225 e. The summed E-state index contributed by atoms with van der Waals surface area (Å²) in [6, 6.07) is 8.72. The average molecular weight is 327 g/mol. The predicted octanol–water partition coefficient (Wildman–Crippen LogP) is 4.05. The van der Waals surface area contributed by atoms with E-state index in [1.165, 1.54) is 0 Å². The number of carbonyl (C=O) groups is 1. The number of nitrogens with zero attached hydrogens (tertiary/aromatic N) is 1. The fourth-order valence-electron chi connectivity index (χ4n) is 1.85. The molecular weight excluding hydrogens is 311 g/mol. The summed E-state index contributed by atoms with van der Waals surface area (Å²) < 4.78 is 5.26. The first-order valence-electron chi connectivity index (χ1n) is 6.50. The lowest BCUT2D eigenvalue weighted by atomic mass is 10.3. The molecule has 21 heavy (non-hydrogen) atoms. The second-order valence-electron chi connectivity index (χ2n) is 4.74. The summed E-state index contributed by atoms with van der Waals surface area (Å²) >= 11 is 11.9. The van der Waals surface area contributed by atoms with Gasteiger partial charge in [-0.1, -0.05) is 23.2 Å². The first-order valence-corrected chi connectivity index (χ1v) is 7.26. The van der Waals surface area contributed by atoms with Gasteiger partial charge in [0.15, 0.2) is 0 Å². The van der Waals surface area contributed by atoms with E-state index in [9.17, 15) is 4.79 Å². The molecule has 2 aromatic rings. The molecule has 0 fully saturated rings. The number of halogens is 2. The first kappa shape index (κ1) is 15.9. The first-order chi connectivity index (χ1) is 10.0. The fourth-order valence-corrected chi connectivity index (χ4v) is 2.18. The van der Waals surface area contributed by atoms with Crippen LogP contribution in [0.1, 0.15) is 12.2 Å². The summed E-state index contributed by atoms with van der Waals surface area (Å²) in [4.78, 5) is 13.9. The van der Waals surface area contributed by atoms with Gasteiger partial charge in [-0.15, -0.1) is 0 Å². The molecule has 1 N–H and O–H groups in total. The van der Waals surface area contributed by atoms with Crippen LogP contribution < -0.4 is 5.32 Å². The Labute approximate surface area is 133 Å². The Balaban J connectivity index is 1.80. The molecule has 0 aliphatic carbocycles. The zero-order valence-electron chi connectivity index (χ0n) is 11.6. The van der Waals surface area contributed by atoms with Gasteiger partial charge in [0.2, 0.25) is 5.91 Å². The van der Waals surface area contributed by atoms with Crippen LogP contribution in [-0.4, -0.2) is 24.4 Å². The van der Waals surface area contributed by atoms with Gasteiger partial charge in [-0.3, -0.25) is 9.69 Å². The number of hydrogen-bond acceptors (Lipinski definition) is 3. The summed E-state index contributed by atoms with van der Waals surface area (Å²) in [6.45, 7) is 1.28. The van der Waals surface area contributed by atoms with Gasteiger partial charge in [-0.2, -0.15) is 0 Å². The molecule has 1 aromatic heterocycles. The zero-order valence-corrected chi connectivity index (χ0v) is 13.1. The van der Waals surface area contributed by atoms with Crippen molar-refractivity contribution in [2.45, 2.75) is 13.0 Å². The van der Waals surface area contributed by atoms with E-state index in [2.05, 4.69) is 5.32 Å². The molecule has 0 radical (unpaired) electrons. The highest BCUT2D eigenvalue weighted by atomic mass is 35.5. The molecule has 1 heterocycles. The molecule has 6 heteroatoms. The van der Waals surface area contributed by atoms with E-state index in [0.29, 0.717) is 35.2 Å². The third kappa shape index (κ3) is 5.08. The molecule has 2 rings (SSSR count). The van der Waals surface area contributed by atoms with Crippen LogP contribution >= 0.6 is 23.2 Å². The number of furan rings is 1. The standard InChI is InChI=1S/C15H16Cl2N2O2/c1-19(10-12-3-2-8-21-12)7-6-15(20)18-14-9-11(16)4-5-13(14)17/h2-5,8-9H,6-7,10H2,1H3,(H,18,20). The van der Waals surface area contributed by atoms with Crippen LogP contribution in [-0.2, 0) is 11.3 Å². The van der Waals surface area contributed by atoms with Crippen LogP contribution in [0.2, 0.25) is 10.0 Å². The van der Waals surface area contributed by atoms with Crippen LogP contribution in [0.15, 0.2) is 41.0 Å². The van der Waals surface area contributed by atoms with Gasteiger partial charge in [0.1, 0.15) is 5.76 Å². The quantitative estimate of drug-likeness (QED) is 0.871. The average Bonchev–Trinajstić information content (AvgIpc) is 2.93. The lowest BCUT2D eigenvalue weighted by Gasteiger charge is -2.15. The predicted molar refractivity (Wildman–Crippen MR) is 84.8 cm³/mol. The van der Waals surface area contributed by atoms with Crippen molar-refractivity contribution in [2.24, 2.45) is 0 Å². The van der Waals surface area contributed by atoms with Crippen molar-refractivity contribution in [1.82, 2.24) is 4.90 Å². The van der Waals surface area contributed by atoms with Crippen molar-refractivity contribution < 1.29 is 9.21 Å². The van der Waals surface area contributed by atoms with Gasteiger partial charge in [0.25, 0.3) is 0 Å². The summed E-state index contributed by atoms with van der Waals surface area (Å²) in [5.41, 5.74) is 0.530. The molecule has 0 saturated heterocycles. The van der Waals surface area contributed by atoms with Gasteiger partial charge < -0.3 is 9.73 Å². The monoisotopic (exact) mass is 326 g/mol. The molecule has 0 aliphatic heterocycles. The highest BCUT2D eigenvalue weighted by Gasteiger charge is 2.09. The van der Waals surface area contributed by atoms with E-state index < -0.39 is 0 Å².